The second kappa shape index (κ2) is 7.31. The maximum atomic E-state index is 14.3. The van der Waals surface area contributed by atoms with Gasteiger partial charge < -0.3 is 4.74 Å². The van der Waals surface area contributed by atoms with Gasteiger partial charge in [-0.2, -0.15) is 0 Å². The maximum absolute atomic E-state index is 14.3. The molecule has 5 nitrogen and oxygen atoms in total. The first-order valence-corrected chi connectivity index (χ1v) is 9.46. The average Bonchev–Trinajstić information content (AvgIpc) is 2.51. The van der Waals surface area contributed by atoms with Crippen LogP contribution < -0.4 is 4.31 Å². The second-order valence-corrected chi connectivity index (χ2v) is 7.87. The van der Waals surface area contributed by atoms with Gasteiger partial charge in [0.25, 0.3) is 0 Å². The molecule has 8 heteroatoms. The number of halogens is 2. The molecule has 0 aliphatic rings. The van der Waals surface area contributed by atoms with Crippen LogP contribution in [0.15, 0.2) is 46.9 Å². The van der Waals surface area contributed by atoms with Gasteiger partial charge in [-0.05, 0) is 30.3 Å². The lowest BCUT2D eigenvalue weighted by Crippen LogP contribution is -2.29. The summed E-state index contributed by atoms with van der Waals surface area (Å²) in [5.41, 5.74) is 0.614. The Balaban J connectivity index is 2.39. The van der Waals surface area contributed by atoms with Gasteiger partial charge in [-0.25, -0.2) is 17.6 Å². The summed E-state index contributed by atoms with van der Waals surface area (Å²) < 4.78 is 44.8. The predicted octanol–water partition coefficient (Wildman–Crippen LogP) is 3.34. The Labute approximate surface area is 148 Å². The molecule has 128 valence electrons. The summed E-state index contributed by atoms with van der Waals surface area (Å²) in [6.07, 6.45) is 1.05. The van der Waals surface area contributed by atoms with E-state index in [9.17, 15) is 17.6 Å². The van der Waals surface area contributed by atoms with Gasteiger partial charge in [0.2, 0.25) is 10.0 Å². The zero-order chi connectivity index (χ0) is 17.9. The van der Waals surface area contributed by atoms with Crippen molar-refractivity contribution in [3.8, 4) is 0 Å². The van der Waals surface area contributed by atoms with E-state index in [2.05, 4.69) is 20.7 Å². The van der Waals surface area contributed by atoms with Crippen LogP contribution >= 0.6 is 15.9 Å². The molecule has 0 heterocycles. The Hall–Kier alpha value is -1.93. The Bertz CT molecular complexity index is 870. The third kappa shape index (κ3) is 4.33. The number of methoxy groups -OCH3 is 1. The fourth-order valence-corrected chi connectivity index (χ4v) is 3.36. The number of ether oxygens (including phenoxy) is 1. The Morgan fingerprint density at radius 1 is 1.25 bits per heavy atom. The molecule has 0 aliphatic carbocycles. The first-order chi connectivity index (χ1) is 11.2. The van der Waals surface area contributed by atoms with Crippen LogP contribution in [0.4, 0.5) is 10.1 Å². The van der Waals surface area contributed by atoms with E-state index in [0.29, 0.717) is 10.2 Å². The molecule has 0 N–H and O–H groups in total. The van der Waals surface area contributed by atoms with Crippen molar-refractivity contribution < 1.29 is 22.3 Å². The summed E-state index contributed by atoms with van der Waals surface area (Å²) in [4.78, 5) is 11.4. The molecule has 0 fully saturated rings. The molecule has 2 aromatic rings. The molecule has 0 radical (unpaired) electrons. The topological polar surface area (TPSA) is 63.7 Å². The standard InChI is InChI=1S/C16H15BrFNO4S/c1-23-16(20)11-6-7-12(15(18)8-11)10-19(24(2,21)22)14-5-3-4-13(17)9-14/h3-9H,10H2,1-2H3. The number of carbonyl (C=O) groups excluding carboxylic acids is 1. The van der Waals surface area contributed by atoms with Crippen LogP contribution in [-0.4, -0.2) is 27.8 Å². The summed E-state index contributed by atoms with van der Waals surface area (Å²) in [6, 6.07) is 10.5. The lowest BCUT2D eigenvalue weighted by atomic mass is 10.1. The molecule has 0 amide bonds. The molecule has 0 aromatic heterocycles. The molecule has 0 aliphatic heterocycles. The van der Waals surface area contributed by atoms with Crippen molar-refractivity contribution in [2.75, 3.05) is 17.7 Å². The molecule has 2 rings (SSSR count). The Morgan fingerprint density at radius 2 is 1.96 bits per heavy atom. The molecule has 0 unspecified atom stereocenters. The first-order valence-electron chi connectivity index (χ1n) is 6.82. The molecule has 2 aromatic carbocycles. The molecular formula is C16H15BrFNO4S. The van der Waals surface area contributed by atoms with Crippen molar-refractivity contribution in [3.63, 3.8) is 0 Å². The van der Waals surface area contributed by atoms with Crippen LogP contribution in [0, 0.1) is 5.82 Å². The summed E-state index contributed by atoms with van der Waals surface area (Å²) in [5.74, 6) is -1.34. The van der Waals surface area contributed by atoms with Gasteiger partial charge in [0, 0.05) is 10.0 Å². The highest BCUT2D eigenvalue weighted by molar-refractivity contribution is 9.10. The number of sulfonamides is 1. The number of nitrogens with zero attached hydrogens (tertiary/aromatic N) is 1. The molecule has 0 spiro atoms. The van der Waals surface area contributed by atoms with Gasteiger partial charge in [-0.1, -0.05) is 28.1 Å². The van der Waals surface area contributed by atoms with E-state index >= 15 is 0 Å². The van der Waals surface area contributed by atoms with Gasteiger partial charge in [-0.15, -0.1) is 0 Å². The normalized spacial score (nSPS) is 11.2. The Kier molecular flexibility index (Phi) is 5.61. The van der Waals surface area contributed by atoms with E-state index < -0.39 is 21.8 Å². The van der Waals surface area contributed by atoms with Crippen molar-refractivity contribution in [2.45, 2.75) is 6.54 Å². The average molecular weight is 416 g/mol. The van der Waals surface area contributed by atoms with Crippen molar-refractivity contribution >= 4 is 37.6 Å². The zero-order valence-electron chi connectivity index (χ0n) is 13.0. The largest absolute Gasteiger partial charge is 0.465 e. The minimum absolute atomic E-state index is 0.0621. The van der Waals surface area contributed by atoms with E-state index in [4.69, 9.17) is 0 Å². The van der Waals surface area contributed by atoms with Gasteiger partial charge >= 0.3 is 5.97 Å². The summed E-state index contributed by atoms with van der Waals surface area (Å²) in [5, 5.41) is 0. The molecule has 0 saturated carbocycles. The van der Waals surface area contributed by atoms with Gasteiger partial charge in [0.1, 0.15) is 5.82 Å². The number of hydrogen-bond acceptors (Lipinski definition) is 4. The maximum Gasteiger partial charge on any atom is 0.337 e. The quantitative estimate of drug-likeness (QED) is 0.702. The van der Waals surface area contributed by atoms with E-state index in [0.717, 1.165) is 16.6 Å². The van der Waals surface area contributed by atoms with E-state index in [1.54, 1.807) is 24.3 Å². The van der Waals surface area contributed by atoms with E-state index in [1.807, 2.05) is 0 Å². The lowest BCUT2D eigenvalue weighted by molar-refractivity contribution is 0.0600. The van der Waals surface area contributed by atoms with Gasteiger partial charge in [-0.3, -0.25) is 4.31 Å². The highest BCUT2D eigenvalue weighted by Gasteiger charge is 2.20. The highest BCUT2D eigenvalue weighted by atomic mass is 79.9. The zero-order valence-corrected chi connectivity index (χ0v) is 15.4. The number of anilines is 1. The third-order valence-corrected chi connectivity index (χ3v) is 4.92. The van der Waals surface area contributed by atoms with Crippen LogP contribution in [0.1, 0.15) is 15.9 Å². The fraction of sp³-hybridized carbons (Fsp3) is 0.188. The summed E-state index contributed by atoms with van der Waals surface area (Å²) in [6.45, 7) is -0.192. The second-order valence-electron chi connectivity index (χ2n) is 5.05. The van der Waals surface area contributed by atoms with Crippen LogP contribution in [0.5, 0.6) is 0 Å². The van der Waals surface area contributed by atoms with Crippen LogP contribution in [-0.2, 0) is 21.3 Å². The lowest BCUT2D eigenvalue weighted by Gasteiger charge is -2.23. The molecule has 0 saturated heterocycles. The number of hydrogen-bond donors (Lipinski definition) is 0. The number of benzene rings is 2. The van der Waals surface area contributed by atoms with Crippen molar-refractivity contribution in [3.05, 3.63) is 63.9 Å². The minimum Gasteiger partial charge on any atom is -0.465 e. The van der Waals surface area contributed by atoms with Crippen molar-refractivity contribution in [2.24, 2.45) is 0 Å². The Morgan fingerprint density at radius 3 is 2.50 bits per heavy atom. The third-order valence-electron chi connectivity index (χ3n) is 3.28. The summed E-state index contributed by atoms with van der Waals surface area (Å²) >= 11 is 3.28. The molecule has 0 atom stereocenters. The predicted molar refractivity (Wildman–Crippen MR) is 92.9 cm³/mol. The number of esters is 1. The smallest absolute Gasteiger partial charge is 0.337 e. The van der Waals surface area contributed by atoms with E-state index in [1.165, 1.54) is 19.2 Å². The molecule has 0 bridgehead atoms. The number of carbonyl (C=O) groups is 1. The van der Waals surface area contributed by atoms with Crippen LogP contribution in [0.25, 0.3) is 0 Å². The molecular weight excluding hydrogens is 401 g/mol. The number of rotatable bonds is 5. The molecule has 24 heavy (non-hydrogen) atoms. The van der Waals surface area contributed by atoms with Gasteiger partial charge in [0.05, 0.1) is 31.2 Å². The minimum atomic E-state index is -3.63. The SMILES string of the molecule is COC(=O)c1ccc(CN(c2cccc(Br)c2)S(C)(=O)=O)c(F)c1. The fourth-order valence-electron chi connectivity index (χ4n) is 2.11. The monoisotopic (exact) mass is 415 g/mol. The van der Waals surface area contributed by atoms with Gasteiger partial charge in [0.15, 0.2) is 0 Å². The van der Waals surface area contributed by atoms with E-state index in [-0.39, 0.29) is 17.7 Å². The summed E-state index contributed by atoms with van der Waals surface area (Å²) in [7, 11) is -2.43. The first kappa shape index (κ1) is 18.4. The van der Waals surface area contributed by atoms with Crippen LogP contribution in [0.2, 0.25) is 0 Å². The van der Waals surface area contributed by atoms with Crippen molar-refractivity contribution in [1.82, 2.24) is 0 Å². The highest BCUT2D eigenvalue weighted by Crippen LogP contribution is 2.25. The van der Waals surface area contributed by atoms with Crippen LogP contribution in [0.3, 0.4) is 0 Å². The van der Waals surface area contributed by atoms with Crippen molar-refractivity contribution in [1.29, 1.82) is 0 Å².